The van der Waals surface area contributed by atoms with Crippen LogP contribution in [-0.4, -0.2) is 19.1 Å². The monoisotopic (exact) mass is 294 g/mol. The number of hydrogen-bond acceptors (Lipinski definition) is 2. The fraction of sp³-hybridized carbons (Fsp3) is 0.333. The Bertz CT molecular complexity index is 703. The molecule has 4 nitrogen and oxygen atoms in total. The zero-order chi connectivity index (χ0) is 15.7. The molecule has 0 fully saturated rings. The molecule has 0 aliphatic heterocycles. The normalized spacial score (nSPS) is 11.5. The van der Waals surface area contributed by atoms with E-state index in [1.54, 1.807) is 0 Å². The molecule has 114 valence electrons. The van der Waals surface area contributed by atoms with Crippen LogP contribution in [0.15, 0.2) is 49.1 Å². The summed E-state index contributed by atoms with van der Waals surface area (Å²) in [6, 6.07) is 9.23. The Balaban J connectivity index is 2.07. The molecule has 0 unspecified atom stereocenters. The molecule has 0 aliphatic carbocycles. The molecule has 22 heavy (non-hydrogen) atoms. The second-order valence-corrected chi connectivity index (χ2v) is 6.08. The van der Waals surface area contributed by atoms with Crippen molar-refractivity contribution >= 4 is 0 Å². The number of rotatable bonds is 4. The largest absolute Gasteiger partial charge is 0.328 e. The van der Waals surface area contributed by atoms with Crippen molar-refractivity contribution in [2.24, 2.45) is 0 Å². The van der Waals surface area contributed by atoms with Gasteiger partial charge in [0.2, 0.25) is 0 Å². The van der Waals surface area contributed by atoms with Gasteiger partial charge in [-0.15, -0.1) is 0 Å². The van der Waals surface area contributed by atoms with E-state index in [9.17, 15) is 0 Å². The van der Waals surface area contributed by atoms with Crippen LogP contribution >= 0.6 is 0 Å². The van der Waals surface area contributed by atoms with Gasteiger partial charge in [-0.25, -0.2) is 9.97 Å². The van der Waals surface area contributed by atoms with Gasteiger partial charge in [0.1, 0.15) is 11.6 Å². The van der Waals surface area contributed by atoms with E-state index in [1.165, 1.54) is 0 Å². The van der Waals surface area contributed by atoms with Crippen molar-refractivity contribution < 1.29 is 0 Å². The Labute approximate surface area is 131 Å². The second kappa shape index (κ2) is 5.79. The van der Waals surface area contributed by atoms with Crippen LogP contribution in [0.5, 0.6) is 0 Å². The standard InChI is InChI=1S/C18H22N4/c1-13(2)21-10-8-19-17(21)15-6-5-7-16(12-15)18-20-9-11-22(18)14(3)4/h5-14H,1-4H3. The molecule has 1 aromatic carbocycles. The van der Waals surface area contributed by atoms with Gasteiger partial charge in [-0.2, -0.15) is 0 Å². The third kappa shape index (κ3) is 2.56. The predicted molar refractivity (Wildman–Crippen MR) is 89.7 cm³/mol. The van der Waals surface area contributed by atoms with Crippen LogP contribution in [-0.2, 0) is 0 Å². The Kier molecular flexibility index (Phi) is 3.84. The second-order valence-electron chi connectivity index (χ2n) is 6.08. The van der Waals surface area contributed by atoms with Crippen molar-refractivity contribution in [2.45, 2.75) is 39.8 Å². The van der Waals surface area contributed by atoms with E-state index in [2.05, 4.69) is 71.1 Å². The molecule has 2 aromatic heterocycles. The summed E-state index contributed by atoms with van der Waals surface area (Å²) in [6.45, 7) is 8.67. The van der Waals surface area contributed by atoms with Crippen LogP contribution in [0.1, 0.15) is 39.8 Å². The number of aromatic nitrogens is 4. The van der Waals surface area contributed by atoms with Crippen molar-refractivity contribution in [1.82, 2.24) is 19.1 Å². The van der Waals surface area contributed by atoms with E-state index < -0.39 is 0 Å². The molecule has 0 saturated heterocycles. The van der Waals surface area contributed by atoms with Crippen LogP contribution in [0.2, 0.25) is 0 Å². The summed E-state index contributed by atoms with van der Waals surface area (Å²) in [7, 11) is 0. The van der Waals surface area contributed by atoms with Crippen LogP contribution in [0.3, 0.4) is 0 Å². The molecule has 2 heterocycles. The quantitative estimate of drug-likeness (QED) is 0.706. The van der Waals surface area contributed by atoms with E-state index in [1.807, 2.05) is 24.8 Å². The molecular weight excluding hydrogens is 272 g/mol. The Hall–Kier alpha value is -2.36. The maximum atomic E-state index is 4.52. The van der Waals surface area contributed by atoms with Gasteiger partial charge in [0.05, 0.1) is 0 Å². The van der Waals surface area contributed by atoms with Gasteiger partial charge in [-0.1, -0.05) is 18.2 Å². The highest BCUT2D eigenvalue weighted by Crippen LogP contribution is 2.27. The molecule has 0 saturated carbocycles. The third-order valence-electron chi connectivity index (χ3n) is 3.83. The molecule has 4 heteroatoms. The fourth-order valence-electron chi connectivity index (χ4n) is 2.70. The zero-order valence-electron chi connectivity index (χ0n) is 13.6. The van der Waals surface area contributed by atoms with Crippen molar-refractivity contribution in [2.75, 3.05) is 0 Å². The average Bonchev–Trinajstić information content (AvgIpc) is 3.16. The van der Waals surface area contributed by atoms with Gasteiger partial charge in [0.25, 0.3) is 0 Å². The van der Waals surface area contributed by atoms with Gasteiger partial charge in [-0.3, -0.25) is 0 Å². The lowest BCUT2D eigenvalue weighted by Gasteiger charge is -2.14. The molecule has 0 bridgehead atoms. The van der Waals surface area contributed by atoms with E-state index in [0.717, 1.165) is 22.8 Å². The Morgan fingerprint density at radius 2 is 1.23 bits per heavy atom. The SMILES string of the molecule is CC(C)n1ccnc1-c1cccc(-c2nccn2C(C)C)c1. The summed E-state index contributed by atoms with van der Waals surface area (Å²) in [5.41, 5.74) is 2.24. The summed E-state index contributed by atoms with van der Waals surface area (Å²) in [5, 5.41) is 0. The van der Waals surface area contributed by atoms with Crippen molar-refractivity contribution in [3.05, 3.63) is 49.1 Å². The molecule has 3 aromatic rings. The molecule has 0 amide bonds. The van der Waals surface area contributed by atoms with E-state index >= 15 is 0 Å². The minimum Gasteiger partial charge on any atom is -0.328 e. The average molecular weight is 294 g/mol. The number of hydrogen-bond donors (Lipinski definition) is 0. The summed E-state index contributed by atoms with van der Waals surface area (Å²) in [6.07, 6.45) is 7.78. The Morgan fingerprint density at radius 3 is 1.64 bits per heavy atom. The smallest absolute Gasteiger partial charge is 0.140 e. The highest BCUT2D eigenvalue weighted by Gasteiger charge is 2.12. The first kappa shape index (κ1) is 14.6. The first-order valence-corrected chi connectivity index (χ1v) is 7.74. The van der Waals surface area contributed by atoms with E-state index in [0.29, 0.717) is 12.1 Å². The summed E-state index contributed by atoms with van der Waals surface area (Å²) < 4.78 is 4.38. The summed E-state index contributed by atoms with van der Waals surface area (Å²) >= 11 is 0. The van der Waals surface area contributed by atoms with Gasteiger partial charge in [0, 0.05) is 48.0 Å². The lowest BCUT2D eigenvalue weighted by molar-refractivity contribution is 0.605. The van der Waals surface area contributed by atoms with Gasteiger partial charge >= 0.3 is 0 Å². The predicted octanol–water partition coefficient (Wildman–Crippen LogP) is 4.58. The lowest BCUT2D eigenvalue weighted by atomic mass is 10.1. The molecule has 0 N–H and O–H groups in total. The van der Waals surface area contributed by atoms with Gasteiger partial charge in [0.15, 0.2) is 0 Å². The summed E-state index contributed by atoms with van der Waals surface area (Å²) in [4.78, 5) is 9.05. The summed E-state index contributed by atoms with van der Waals surface area (Å²) in [5.74, 6) is 2.00. The first-order valence-electron chi connectivity index (χ1n) is 7.74. The molecule has 0 radical (unpaired) electrons. The number of benzene rings is 1. The first-order chi connectivity index (χ1) is 10.6. The van der Waals surface area contributed by atoms with Crippen molar-refractivity contribution in [1.29, 1.82) is 0 Å². The van der Waals surface area contributed by atoms with Gasteiger partial charge in [-0.05, 0) is 33.8 Å². The minimum absolute atomic E-state index is 0.388. The molecule has 0 aliphatic rings. The number of nitrogens with zero attached hydrogens (tertiary/aromatic N) is 4. The van der Waals surface area contributed by atoms with E-state index in [-0.39, 0.29) is 0 Å². The van der Waals surface area contributed by atoms with Gasteiger partial charge < -0.3 is 9.13 Å². The Morgan fingerprint density at radius 1 is 0.773 bits per heavy atom. The maximum absolute atomic E-state index is 4.52. The minimum atomic E-state index is 0.388. The lowest BCUT2D eigenvalue weighted by Crippen LogP contribution is -2.03. The van der Waals surface area contributed by atoms with Crippen LogP contribution < -0.4 is 0 Å². The van der Waals surface area contributed by atoms with Crippen molar-refractivity contribution in [3.63, 3.8) is 0 Å². The van der Waals surface area contributed by atoms with Crippen molar-refractivity contribution in [3.8, 4) is 22.8 Å². The van der Waals surface area contributed by atoms with Crippen LogP contribution in [0, 0.1) is 0 Å². The number of imidazole rings is 2. The molecular formula is C18H22N4. The fourth-order valence-corrected chi connectivity index (χ4v) is 2.70. The maximum Gasteiger partial charge on any atom is 0.140 e. The van der Waals surface area contributed by atoms with E-state index in [4.69, 9.17) is 0 Å². The molecule has 0 spiro atoms. The highest BCUT2D eigenvalue weighted by atomic mass is 15.1. The molecule has 0 atom stereocenters. The van der Waals surface area contributed by atoms with Crippen LogP contribution in [0.4, 0.5) is 0 Å². The third-order valence-corrected chi connectivity index (χ3v) is 3.83. The topological polar surface area (TPSA) is 35.6 Å². The zero-order valence-corrected chi connectivity index (χ0v) is 13.6. The van der Waals surface area contributed by atoms with Crippen LogP contribution in [0.25, 0.3) is 22.8 Å². The molecule has 3 rings (SSSR count). The highest BCUT2D eigenvalue weighted by molar-refractivity contribution is 5.66.